The molecular formula is C11H23NO2S. The third-order valence-electron chi connectivity index (χ3n) is 2.09. The van der Waals surface area contributed by atoms with E-state index < -0.39 is 0 Å². The minimum absolute atomic E-state index is 0.118. The molecule has 0 aromatic heterocycles. The van der Waals surface area contributed by atoms with E-state index in [1.165, 1.54) is 0 Å². The van der Waals surface area contributed by atoms with Crippen molar-refractivity contribution in [2.45, 2.75) is 33.7 Å². The van der Waals surface area contributed by atoms with Gasteiger partial charge in [0.25, 0.3) is 0 Å². The molecule has 0 aliphatic rings. The van der Waals surface area contributed by atoms with Crippen molar-refractivity contribution < 1.29 is 9.53 Å². The van der Waals surface area contributed by atoms with Crippen molar-refractivity contribution in [2.24, 2.45) is 0 Å². The highest BCUT2D eigenvalue weighted by atomic mass is 32.2. The van der Waals surface area contributed by atoms with Crippen LogP contribution in [0.3, 0.4) is 0 Å². The molecule has 0 aliphatic heterocycles. The lowest BCUT2D eigenvalue weighted by molar-refractivity contribution is -0.144. The number of hydrogen-bond acceptors (Lipinski definition) is 4. The molecule has 0 N–H and O–H groups in total. The molecular weight excluding hydrogens is 210 g/mol. The van der Waals surface area contributed by atoms with E-state index in [0.717, 1.165) is 18.1 Å². The van der Waals surface area contributed by atoms with Gasteiger partial charge in [0.05, 0.1) is 13.2 Å². The second-order valence-corrected chi connectivity index (χ2v) is 4.96. The van der Waals surface area contributed by atoms with Gasteiger partial charge in [0, 0.05) is 18.3 Å². The van der Waals surface area contributed by atoms with E-state index in [1.807, 2.05) is 18.7 Å². The van der Waals surface area contributed by atoms with Crippen molar-refractivity contribution in [2.75, 3.05) is 31.2 Å². The van der Waals surface area contributed by atoms with E-state index in [9.17, 15) is 4.79 Å². The maximum Gasteiger partial charge on any atom is 0.320 e. The molecule has 0 heterocycles. The number of rotatable bonds is 8. The van der Waals surface area contributed by atoms with E-state index in [2.05, 4.69) is 25.7 Å². The van der Waals surface area contributed by atoms with Crippen LogP contribution in [0.15, 0.2) is 0 Å². The highest BCUT2D eigenvalue weighted by Crippen LogP contribution is 2.04. The molecule has 4 heteroatoms. The fourth-order valence-corrected chi connectivity index (χ4v) is 1.87. The van der Waals surface area contributed by atoms with Gasteiger partial charge in [0.15, 0.2) is 0 Å². The lowest BCUT2D eigenvalue weighted by atomic mass is 10.3. The Morgan fingerprint density at radius 1 is 1.40 bits per heavy atom. The van der Waals surface area contributed by atoms with Crippen LogP contribution in [0.1, 0.15) is 27.7 Å². The van der Waals surface area contributed by atoms with Crippen LogP contribution in [0.25, 0.3) is 0 Å². The molecule has 0 spiro atoms. The van der Waals surface area contributed by atoms with Crippen molar-refractivity contribution in [3.63, 3.8) is 0 Å². The van der Waals surface area contributed by atoms with Crippen molar-refractivity contribution in [3.8, 4) is 0 Å². The van der Waals surface area contributed by atoms with Crippen LogP contribution in [0.4, 0.5) is 0 Å². The van der Waals surface area contributed by atoms with Gasteiger partial charge in [0.1, 0.15) is 0 Å². The molecule has 0 atom stereocenters. The number of esters is 1. The summed E-state index contributed by atoms with van der Waals surface area (Å²) >= 11 is 1.90. The Hall–Kier alpha value is -0.220. The normalized spacial score (nSPS) is 11.1. The first-order valence-electron chi connectivity index (χ1n) is 5.59. The maximum absolute atomic E-state index is 11.3. The maximum atomic E-state index is 11.3. The highest BCUT2D eigenvalue weighted by Gasteiger charge is 2.13. The number of ether oxygens (including phenoxy) is 1. The van der Waals surface area contributed by atoms with E-state index in [-0.39, 0.29) is 5.97 Å². The average Bonchev–Trinajstić information content (AvgIpc) is 2.16. The first-order valence-corrected chi connectivity index (χ1v) is 6.74. The molecule has 0 radical (unpaired) electrons. The molecule has 3 nitrogen and oxygen atoms in total. The summed E-state index contributed by atoms with van der Waals surface area (Å²) in [5, 5.41) is 0. The van der Waals surface area contributed by atoms with E-state index in [0.29, 0.717) is 19.2 Å². The first-order chi connectivity index (χ1) is 7.11. The zero-order valence-corrected chi connectivity index (χ0v) is 11.1. The summed E-state index contributed by atoms with van der Waals surface area (Å²) in [7, 11) is 0. The largest absolute Gasteiger partial charge is 0.465 e. The lowest BCUT2D eigenvalue weighted by Crippen LogP contribution is -2.38. The third-order valence-corrected chi connectivity index (χ3v) is 2.97. The van der Waals surface area contributed by atoms with Gasteiger partial charge >= 0.3 is 5.97 Å². The zero-order valence-electron chi connectivity index (χ0n) is 10.3. The second-order valence-electron chi connectivity index (χ2n) is 3.57. The Bertz CT molecular complexity index is 174. The molecule has 15 heavy (non-hydrogen) atoms. The van der Waals surface area contributed by atoms with Crippen LogP contribution in [-0.2, 0) is 9.53 Å². The molecule has 0 rings (SSSR count). The average molecular weight is 233 g/mol. The van der Waals surface area contributed by atoms with Crippen LogP contribution in [0.2, 0.25) is 0 Å². The molecule has 0 aromatic carbocycles. The minimum Gasteiger partial charge on any atom is -0.465 e. The summed E-state index contributed by atoms with van der Waals surface area (Å²) in [6, 6.07) is 0.395. The SMILES string of the molecule is CCOC(=O)CN(CCSCC)C(C)C. The van der Waals surface area contributed by atoms with Crippen LogP contribution in [-0.4, -0.2) is 48.1 Å². The van der Waals surface area contributed by atoms with Gasteiger partial charge in [-0.25, -0.2) is 0 Å². The lowest BCUT2D eigenvalue weighted by Gasteiger charge is -2.24. The fourth-order valence-electron chi connectivity index (χ4n) is 1.22. The first kappa shape index (κ1) is 14.8. The fraction of sp³-hybridized carbons (Fsp3) is 0.909. The van der Waals surface area contributed by atoms with E-state index in [1.54, 1.807) is 0 Å². The summed E-state index contributed by atoms with van der Waals surface area (Å²) in [5.41, 5.74) is 0. The van der Waals surface area contributed by atoms with Crippen molar-refractivity contribution >= 4 is 17.7 Å². The Labute approximate surface area is 97.5 Å². The summed E-state index contributed by atoms with van der Waals surface area (Å²) < 4.78 is 4.94. The molecule has 0 fully saturated rings. The monoisotopic (exact) mass is 233 g/mol. The van der Waals surface area contributed by atoms with Gasteiger partial charge in [-0.05, 0) is 26.5 Å². The van der Waals surface area contributed by atoms with Crippen molar-refractivity contribution in [1.29, 1.82) is 0 Å². The van der Waals surface area contributed by atoms with Crippen molar-refractivity contribution in [3.05, 3.63) is 0 Å². The van der Waals surface area contributed by atoms with Crippen molar-refractivity contribution in [1.82, 2.24) is 4.90 Å². The number of nitrogens with zero attached hydrogens (tertiary/aromatic N) is 1. The van der Waals surface area contributed by atoms with Crippen LogP contribution in [0, 0.1) is 0 Å². The van der Waals surface area contributed by atoms with Crippen LogP contribution < -0.4 is 0 Å². The van der Waals surface area contributed by atoms with Gasteiger partial charge in [-0.2, -0.15) is 11.8 Å². The van der Waals surface area contributed by atoms with Gasteiger partial charge in [-0.3, -0.25) is 9.69 Å². The van der Waals surface area contributed by atoms with Gasteiger partial charge in [-0.15, -0.1) is 0 Å². The predicted molar refractivity (Wildman–Crippen MR) is 66.3 cm³/mol. The van der Waals surface area contributed by atoms with E-state index in [4.69, 9.17) is 4.74 Å². The number of hydrogen-bond donors (Lipinski definition) is 0. The molecule has 0 aliphatic carbocycles. The predicted octanol–water partition coefficient (Wildman–Crippen LogP) is 2.01. The van der Waals surface area contributed by atoms with Gasteiger partial charge < -0.3 is 4.74 Å². The molecule has 0 aromatic rings. The summed E-state index contributed by atoms with van der Waals surface area (Å²) in [6.45, 7) is 10.0. The topological polar surface area (TPSA) is 29.5 Å². The summed E-state index contributed by atoms with van der Waals surface area (Å²) in [5.74, 6) is 2.09. The minimum atomic E-state index is -0.118. The third kappa shape index (κ3) is 7.68. The Morgan fingerprint density at radius 2 is 2.07 bits per heavy atom. The Balaban J connectivity index is 3.87. The van der Waals surface area contributed by atoms with Crippen LogP contribution in [0.5, 0.6) is 0 Å². The molecule has 0 unspecified atom stereocenters. The quantitative estimate of drug-likeness (QED) is 0.474. The number of thioether (sulfide) groups is 1. The van der Waals surface area contributed by atoms with Crippen LogP contribution >= 0.6 is 11.8 Å². The Morgan fingerprint density at radius 3 is 2.53 bits per heavy atom. The smallest absolute Gasteiger partial charge is 0.320 e. The molecule has 0 bridgehead atoms. The summed E-state index contributed by atoms with van der Waals surface area (Å²) in [6.07, 6.45) is 0. The second kappa shape index (κ2) is 9.04. The zero-order chi connectivity index (χ0) is 11.7. The molecule has 0 amide bonds. The number of carbonyl (C=O) groups is 1. The Kier molecular flexibility index (Phi) is 8.91. The molecule has 0 saturated heterocycles. The molecule has 0 saturated carbocycles. The standard InChI is InChI=1S/C11H23NO2S/c1-5-14-11(13)9-12(10(3)4)7-8-15-6-2/h10H,5-9H2,1-4H3. The number of carbonyl (C=O) groups excluding carboxylic acids is 1. The van der Waals surface area contributed by atoms with E-state index >= 15 is 0 Å². The van der Waals surface area contributed by atoms with Gasteiger partial charge in [-0.1, -0.05) is 6.92 Å². The summed E-state index contributed by atoms with van der Waals surface area (Å²) in [4.78, 5) is 13.5. The highest BCUT2D eigenvalue weighted by molar-refractivity contribution is 7.99. The molecule has 90 valence electrons. The van der Waals surface area contributed by atoms with Gasteiger partial charge in [0.2, 0.25) is 0 Å².